The van der Waals surface area contributed by atoms with Crippen molar-refractivity contribution in [2.24, 2.45) is 11.8 Å². The van der Waals surface area contributed by atoms with Crippen molar-refractivity contribution in [2.75, 3.05) is 6.54 Å². The highest BCUT2D eigenvalue weighted by Crippen LogP contribution is 2.52. The van der Waals surface area contributed by atoms with Crippen molar-refractivity contribution < 1.29 is 30.6 Å². The first-order valence-electron chi connectivity index (χ1n) is 9.81. The number of amides is 1. The highest BCUT2D eigenvalue weighted by atomic mass is 35.5. The van der Waals surface area contributed by atoms with Crippen molar-refractivity contribution in [1.82, 2.24) is 5.32 Å². The Morgan fingerprint density at radius 1 is 1.00 bits per heavy atom. The molecule has 5 nitrogen and oxygen atoms in total. The molecule has 0 bridgehead atoms. The van der Waals surface area contributed by atoms with Gasteiger partial charge in [0, 0.05) is 22.5 Å². The number of fused-ring (bicyclic) bond motifs is 1. The molecule has 2 aromatic carbocycles. The Labute approximate surface area is 193 Å². The van der Waals surface area contributed by atoms with Gasteiger partial charge >= 0.3 is 15.6 Å². The summed E-state index contributed by atoms with van der Waals surface area (Å²) in [5.74, 6) is -0.904. The molecule has 0 radical (unpaired) electrons. The minimum atomic E-state index is -5.76. The highest BCUT2D eigenvalue weighted by Gasteiger charge is 2.49. The van der Waals surface area contributed by atoms with E-state index < -0.39 is 21.4 Å². The van der Waals surface area contributed by atoms with Crippen molar-refractivity contribution in [3.63, 3.8) is 0 Å². The number of carbonyl (C=O) groups excluding carboxylic acids is 1. The van der Waals surface area contributed by atoms with E-state index in [9.17, 15) is 26.4 Å². The number of nitrogens with one attached hydrogen (secondary N) is 1. The lowest BCUT2D eigenvalue weighted by Crippen LogP contribution is -2.32. The number of rotatable bonds is 4. The topological polar surface area (TPSA) is 72.5 Å². The second kappa shape index (κ2) is 8.43. The maximum Gasteiger partial charge on any atom is 0.534 e. The third kappa shape index (κ3) is 4.30. The van der Waals surface area contributed by atoms with Crippen LogP contribution < -0.4 is 9.50 Å². The first kappa shape index (κ1) is 23.2. The molecule has 1 amide bonds. The van der Waals surface area contributed by atoms with Crippen LogP contribution in [0.4, 0.5) is 13.2 Å². The van der Waals surface area contributed by atoms with Crippen LogP contribution in [0.1, 0.15) is 35.8 Å². The predicted octanol–water partition coefficient (Wildman–Crippen LogP) is 5.25. The summed E-state index contributed by atoms with van der Waals surface area (Å²) in [6.07, 6.45) is 1.36. The van der Waals surface area contributed by atoms with Gasteiger partial charge in [0.1, 0.15) is 5.75 Å². The molecule has 172 valence electrons. The van der Waals surface area contributed by atoms with Crippen LogP contribution in [0.15, 0.2) is 42.5 Å². The molecule has 32 heavy (non-hydrogen) atoms. The van der Waals surface area contributed by atoms with E-state index in [-0.39, 0.29) is 29.6 Å². The van der Waals surface area contributed by atoms with Crippen LogP contribution in [0, 0.1) is 11.8 Å². The molecular weight excluding hydrogens is 490 g/mol. The predicted molar refractivity (Wildman–Crippen MR) is 113 cm³/mol. The van der Waals surface area contributed by atoms with E-state index in [4.69, 9.17) is 23.2 Å². The van der Waals surface area contributed by atoms with E-state index in [1.54, 1.807) is 12.1 Å². The summed E-state index contributed by atoms with van der Waals surface area (Å²) in [7, 11) is -5.76. The molecule has 2 fully saturated rings. The number of halogens is 5. The Kier molecular flexibility index (Phi) is 6.11. The molecule has 4 atom stereocenters. The second-order valence-corrected chi connectivity index (χ2v) is 10.3. The molecule has 1 saturated heterocycles. The largest absolute Gasteiger partial charge is 0.534 e. The highest BCUT2D eigenvalue weighted by molar-refractivity contribution is 7.88. The molecule has 1 saturated carbocycles. The minimum Gasteiger partial charge on any atom is -0.376 e. The zero-order valence-electron chi connectivity index (χ0n) is 16.4. The fraction of sp³-hybridized carbons (Fsp3) is 0.381. The molecule has 1 aliphatic heterocycles. The lowest BCUT2D eigenvalue weighted by Gasteiger charge is -2.40. The van der Waals surface area contributed by atoms with Gasteiger partial charge in [-0.15, -0.1) is 0 Å². The molecular formula is C21H18Cl2F3NO4S. The summed E-state index contributed by atoms with van der Waals surface area (Å²) >= 11 is 12.5. The van der Waals surface area contributed by atoms with Gasteiger partial charge in [-0.05, 0) is 66.0 Å². The number of hydrogen-bond donors (Lipinski definition) is 1. The Bertz CT molecular complexity index is 1140. The molecule has 1 heterocycles. The summed E-state index contributed by atoms with van der Waals surface area (Å²) in [6.45, 7) is 0.469. The smallest absolute Gasteiger partial charge is 0.376 e. The third-order valence-electron chi connectivity index (χ3n) is 6.17. The van der Waals surface area contributed by atoms with Crippen LogP contribution in [0.25, 0.3) is 0 Å². The number of benzene rings is 2. The monoisotopic (exact) mass is 507 g/mol. The van der Waals surface area contributed by atoms with Gasteiger partial charge < -0.3 is 9.50 Å². The lowest BCUT2D eigenvalue weighted by molar-refractivity contribution is -0.123. The van der Waals surface area contributed by atoms with E-state index in [1.807, 2.05) is 6.07 Å². The number of hydrogen-bond acceptors (Lipinski definition) is 4. The molecule has 2 aromatic rings. The van der Waals surface area contributed by atoms with Gasteiger partial charge in [-0.25, -0.2) is 0 Å². The van der Waals surface area contributed by atoms with E-state index in [1.165, 1.54) is 24.3 Å². The van der Waals surface area contributed by atoms with E-state index in [2.05, 4.69) is 9.50 Å². The molecule has 1 N–H and O–H groups in total. The molecule has 0 spiro atoms. The van der Waals surface area contributed by atoms with Crippen LogP contribution in [-0.2, 0) is 14.9 Å². The van der Waals surface area contributed by atoms with Crippen molar-refractivity contribution in [3.05, 3.63) is 63.6 Å². The fourth-order valence-electron chi connectivity index (χ4n) is 4.80. The molecule has 0 unspecified atom stereocenters. The SMILES string of the molecule is O=C1NC[C@H]2[C@@H](c3ccc(OS(=O)(=O)C(F)(F)F)cc3)[C@H](c3ccc(Cl)cc3Cl)CC[C@@H]12. The van der Waals surface area contributed by atoms with Crippen LogP contribution >= 0.6 is 23.2 Å². The van der Waals surface area contributed by atoms with E-state index >= 15 is 0 Å². The van der Waals surface area contributed by atoms with Gasteiger partial charge in [0.25, 0.3) is 0 Å². The zero-order valence-corrected chi connectivity index (χ0v) is 18.7. The van der Waals surface area contributed by atoms with Crippen molar-refractivity contribution in [3.8, 4) is 5.75 Å². The second-order valence-electron chi connectivity index (χ2n) is 7.94. The van der Waals surface area contributed by atoms with E-state index in [0.717, 1.165) is 11.1 Å². The Morgan fingerprint density at radius 2 is 1.66 bits per heavy atom. The fourth-order valence-corrected chi connectivity index (χ4v) is 5.80. The third-order valence-corrected chi connectivity index (χ3v) is 7.71. The van der Waals surface area contributed by atoms with Gasteiger partial charge in [-0.1, -0.05) is 41.4 Å². The lowest BCUT2D eigenvalue weighted by atomic mass is 9.63. The van der Waals surface area contributed by atoms with Crippen LogP contribution in [-0.4, -0.2) is 26.4 Å². The Balaban J connectivity index is 1.69. The molecule has 11 heteroatoms. The Hall–Kier alpha value is -1.97. The Morgan fingerprint density at radius 3 is 2.28 bits per heavy atom. The first-order valence-corrected chi connectivity index (χ1v) is 12.0. The van der Waals surface area contributed by atoms with Gasteiger partial charge in [0.2, 0.25) is 5.91 Å². The molecule has 1 aliphatic carbocycles. The van der Waals surface area contributed by atoms with Gasteiger partial charge in [-0.2, -0.15) is 21.6 Å². The molecule has 2 aliphatic rings. The zero-order chi connectivity index (χ0) is 23.3. The maximum absolute atomic E-state index is 12.6. The normalized spacial score (nSPS) is 25.8. The summed E-state index contributed by atoms with van der Waals surface area (Å²) in [5.41, 5.74) is -3.89. The van der Waals surface area contributed by atoms with Crippen LogP contribution in [0.3, 0.4) is 0 Å². The quantitative estimate of drug-likeness (QED) is 0.453. The van der Waals surface area contributed by atoms with Crippen molar-refractivity contribution >= 4 is 39.2 Å². The molecule has 4 rings (SSSR count). The number of carbonyl (C=O) groups is 1. The van der Waals surface area contributed by atoms with Crippen molar-refractivity contribution in [2.45, 2.75) is 30.2 Å². The summed E-state index contributed by atoms with van der Waals surface area (Å²) in [4.78, 5) is 12.3. The minimum absolute atomic E-state index is 0.0168. The average Bonchev–Trinajstić information content (AvgIpc) is 3.08. The summed E-state index contributed by atoms with van der Waals surface area (Å²) in [6, 6.07) is 10.7. The number of alkyl halides is 3. The molecule has 0 aromatic heterocycles. The average molecular weight is 508 g/mol. The van der Waals surface area contributed by atoms with Crippen molar-refractivity contribution in [1.29, 1.82) is 0 Å². The van der Waals surface area contributed by atoms with Gasteiger partial charge in [0.15, 0.2) is 0 Å². The van der Waals surface area contributed by atoms with Crippen LogP contribution in [0.5, 0.6) is 5.75 Å². The summed E-state index contributed by atoms with van der Waals surface area (Å²) < 4.78 is 64.6. The maximum atomic E-state index is 12.6. The summed E-state index contributed by atoms with van der Waals surface area (Å²) in [5, 5.41) is 3.89. The standard InChI is InChI=1S/C21H18Cl2F3NO4S/c22-12-3-6-14(18(23)9-12)15-7-8-16-17(10-27-20(16)28)19(15)11-1-4-13(5-2-11)31-32(29,30)21(24,25)26/h1-6,9,15-17,19H,7-8,10H2,(H,27,28)/t15-,16+,17+,19-/m0/s1. The van der Waals surface area contributed by atoms with Gasteiger partial charge in [0.05, 0.1) is 0 Å². The van der Waals surface area contributed by atoms with E-state index in [0.29, 0.717) is 29.4 Å². The van der Waals surface area contributed by atoms with Crippen LogP contribution in [0.2, 0.25) is 10.0 Å². The van der Waals surface area contributed by atoms with Gasteiger partial charge in [-0.3, -0.25) is 4.79 Å². The first-order chi connectivity index (χ1) is 15.0.